The number of halogens is 1. The number of anilines is 1. The molecule has 3 rings (SSSR count). The van der Waals surface area contributed by atoms with Gasteiger partial charge in [-0.25, -0.2) is 12.7 Å². The SMILES string of the molecule is Cc1ccc(NC(=O)CN2C(=O)c3ccccc3S2(=O)=O)c(Cl)c1. The number of rotatable bonds is 3. The molecule has 8 heteroatoms. The van der Waals surface area contributed by atoms with Gasteiger partial charge in [0.2, 0.25) is 5.91 Å². The van der Waals surface area contributed by atoms with E-state index in [0.29, 0.717) is 15.0 Å². The zero-order chi connectivity index (χ0) is 17.5. The van der Waals surface area contributed by atoms with Crippen LogP contribution in [0.5, 0.6) is 0 Å². The lowest BCUT2D eigenvalue weighted by molar-refractivity contribution is -0.116. The van der Waals surface area contributed by atoms with Gasteiger partial charge < -0.3 is 5.32 Å². The lowest BCUT2D eigenvalue weighted by Crippen LogP contribution is -2.37. The highest BCUT2D eigenvalue weighted by Gasteiger charge is 2.41. The molecule has 0 radical (unpaired) electrons. The monoisotopic (exact) mass is 364 g/mol. The van der Waals surface area contributed by atoms with Crippen LogP contribution in [0.25, 0.3) is 0 Å². The summed E-state index contributed by atoms with van der Waals surface area (Å²) in [5.74, 6) is -1.36. The largest absolute Gasteiger partial charge is 0.323 e. The van der Waals surface area contributed by atoms with Crippen molar-refractivity contribution in [1.82, 2.24) is 4.31 Å². The molecule has 0 saturated heterocycles. The van der Waals surface area contributed by atoms with Gasteiger partial charge in [0.15, 0.2) is 0 Å². The summed E-state index contributed by atoms with van der Waals surface area (Å²) in [6, 6.07) is 10.9. The second-order valence-electron chi connectivity index (χ2n) is 5.34. The van der Waals surface area contributed by atoms with E-state index in [2.05, 4.69) is 5.32 Å². The van der Waals surface area contributed by atoms with Crippen LogP contribution in [-0.4, -0.2) is 31.1 Å². The number of hydrogen-bond donors (Lipinski definition) is 1. The summed E-state index contributed by atoms with van der Waals surface area (Å²) < 4.78 is 25.4. The number of carbonyl (C=O) groups is 2. The number of aryl methyl sites for hydroxylation is 1. The smallest absolute Gasteiger partial charge is 0.269 e. The molecule has 2 aromatic carbocycles. The lowest BCUT2D eigenvalue weighted by Gasteiger charge is -2.15. The molecule has 24 heavy (non-hydrogen) atoms. The maximum atomic E-state index is 12.4. The molecule has 0 saturated carbocycles. The van der Waals surface area contributed by atoms with Crippen LogP contribution < -0.4 is 5.32 Å². The van der Waals surface area contributed by atoms with Gasteiger partial charge in [-0.15, -0.1) is 0 Å². The molecule has 2 aromatic rings. The number of nitrogens with zero attached hydrogens (tertiary/aromatic N) is 1. The van der Waals surface area contributed by atoms with E-state index in [1.165, 1.54) is 18.2 Å². The van der Waals surface area contributed by atoms with Crippen LogP contribution in [0.15, 0.2) is 47.4 Å². The first-order valence-electron chi connectivity index (χ1n) is 7.03. The van der Waals surface area contributed by atoms with Crippen molar-refractivity contribution < 1.29 is 18.0 Å². The molecule has 0 atom stereocenters. The van der Waals surface area contributed by atoms with E-state index in [0.717, 1.165) is 5.56 Å². The Morgan fingerprint density at radius 1 is 1.21 bits per heavy atom. The zero-order valence-electron chi connectivity index (χ0n) is 12.6. The van der Waals surface area contributed by atoms with Gasteiger partial charge in [-0.2, -0.15) is 0 Å². The summed E-state index contributed by atoms with van der Waals surface area (Å²) in [5, 5.41) is 2.86. The Bertz CT molecular complexity index is 956. The Labute approximate surface area is 144 Å². The van der Waals surface area contributed by atoms with Gasteiger partial charge in [0.25, 0.3) is 15.9 Å². The zero-order valence-corrected chi connectivity index (χ0v) is 14.2. The number of nitrogens with one attached hydrogen (secondary N) is 1. The van der Waals surface area contributed by atoms with Crippen molar-refractivity contribution in [3.05, 3.63) is 58.6 Å². The Hall–Kier alpha value is -2.38. The number of benzene rings is 2. The summed E-state index contributed by atoms with van der Waals surface area (Å²) >= 11 is 6.03. The first-order chi connectivity index (χ1) is 11.3. The van der Waals surface area contributed by atoms with Gasteiger partial charge in [-0.1, -0.05) is 29.8 Å². The third kappa shape index (κ3) is 2.76. The lowest BCUT2D eigenvalue weighted by atomic mass is 10.2. The summed E-state index contributed by atoms with van der Waals surface area (Å²) in [5.41, 5.74) is 1.35. The maximum Gasteiger partial charge on any atom is 0.269 e. The molecule has 0 spiro atoms. The van der Waals surface area contributed by atoms with E-state index in [1.54, 1.807) is 24.3 Å². The van der Waals surface area contributed by atoms with E-state index < -0.39 is 28.4 Å². The van der Waals surface area contributed by atoms with Crippen molar-refractivity contribution in [2.24, 2.45) is 0 Å². The number of hydrogen-bond acceptors (Lipinski definition) is 4. The topological polar surface area (TPSA) is 83.6 Å². The minimum absolute atomic E-state index is 0.0682. The van der Waals surface area contributed by atoms with Crippen LogP contribution in [0.3, 0.4) is 0 Å². The van der Waals surface area contributed by atoms with E-state index in [4.69, 9.17) is 11.6 Å². The predicted octanol–water partition coefficient (Wildman–Crippen LogP) is 2.43. The average Bonchev–Trinajstić information content (AvgIpc) is 2.72. The highest BCUT2D eigenvalue weighted by Crippen LogP contribution is 2.30. The van der Waals surface area contributed by atoms with Crippen molar-refractivity contribution in [3.8, 4) is 0 Å². The number of amides is 2. The number of sulfonamides is 1. The Balaban J connectivity index is 1.82. The van der Waals surface area contributed by atoms with E-state index in [-0.39, 0.29) is 10.5 Å². The molecule has 124 valence electrons. The fraction of sp³-hybridized carbons (Fsp3) is 0.125. The van der Waals surface area contributed by atoms with Crippen LogP contribution in [0.2, 0.25) is 5.02 Å². The normalized spacial score (nSPS) is 15.2. The van der Waals surface area contributed by atoms with Crippen molar-refractivity contribution >= 4 is 39.1 Å². The minimum atomic E-state index is -4.01. The fourth-order valence-electron chi connectivity index (χ4n) is 2.43. The third-order valence-electron chi connectivity index (χ3n) is 3.60. The first kappa shape index (κ1) is 16.5. The van der Waals surface area contributed by atoms with Crippen molar-refractivity contribution in [2.45, 2.75) is 11.8 Å². The quantitative estimate of drug-likeness (QED) is 0.906. The molecular formula is C16H13ClN2O4S. The van der Waals surface area contributed by atoms with Crippen LogP contribution in [-0.2, 0) is 14.8 Å². The van der Waals surface area contributed by atoms with Gasteiger partial charge in [0.05, 0.1) is 16.3 Å². The van der Waals surface area contributed by atoms with E-state index in [9.17, 15) is 18.0 Å². The molecule has 1 heterocycles. The number of carbonyl (C=O) groups excluding carboxylic acids is 2. The van der Waals surface area contributed by atoms with Gasteiger partial charge in [0.1, 0.15) is 11.4 Å². The molecule has 1 N–H and O–H groups in total. The third-order valence-corrected chi connectivity index (χ3v) is 5.70. The summed E-state index contributed by atoms with van der Waals surface area (Å²) in [6.45, 7) is 1.24. The fourth-order valence-corrected chi connectivity index (χ4v) is 4.24. The highest BCUT2D eigenvalue weighted by atomic mass is 35.5. The molecule has 0 fully saturated rings. The van der Waals surface area contributed by atoms with Crippen LogP contribution >= 0.6 is 11.6 Å². The molecule has 1 aliphatic heterocycles. The standard InChI is InChI=1S/C16H13ClN2O4S/c1-10-6-7-13(12(17)8-10)18-15(20)9-19-16(21)11-4-2-3-5-14(11)24(19,22)23/h2-8H,9H2,1H3,(H,18,20). The average molecular weight is 365 g/mol. The Morgan fingerprint density at radius 2 is 1.92 bits per heavy atom. The molecule has 2 amide bonds. The van der Waals surface area contributed by atoms with Crippen molar-refractivity contribution in [3.63, 3.8) is 0 Å². The summed E-state index contributed by atoms with van der Waals surface area (Å²) in [4.78, 5) is 24.3. The first-order valence-corrected chi connectivity index (χ1v) is 8.84. The molecule has 1 aliphatic rings. The molecule has 0 unspecified atom stereocenters. The van der Waals surface area contributed by atoms with E-state index in [1.807, 2.05) is 6.92 Å². The Morgan fingerprint density at radius 3 is 2.58 bits per heavy atom. The van der Waals surface area contributed by atoms with Crippen LogP contribution in [0.1, 0.15) is 15.9 Å². The minimum Gasteiger partial charge on any atom is -0.323 e. The van der Waals surface area contributed by atoms with Gasteiger partial charge >= 0.3 is 0 Å². The Kier molecular flexibility index (Phi) is 4.06. The van der Waals surface area contributed by atoms with Gasteiger partial charge in [0, 0.05) is 0 Å². The highest BCUT2D eigenvalue weighted by molar-refractivity contribution is 7.90. The van der Waals surface area contributed by atoms with Crippen molar-refractivity contribution in [1.29, 1.82) is 0 Å². The maximum absolute atomic E-state index is 12.4. The van der Waals surface area contributed by atoms with Gasteiger partial charge in [-0.3, -0.25) is 9.59 Å². The molecular weight excluding hydrogens is 352 g/mol. The van der Waals surface area contributed by atoms with Crippen LogP contribution in [0, 0.1) is 6.92 Å². The summed E-state index contributed by atoms with van der Waals surface area (Å²) in [7, 11) is -4.01. The molecule has 6 nitrogen and oxygen atoms in total. The second kappa shape index (κ2) is 5.92. The van der Waals surface area contributed by atoms with Gasteiger partial charge in [-0.05, 0) is 36.8 Å². The molecule has 0 aliphatic carbocycles. The molecule has 0 aromatic heterocycles. The predicted molar refractivity (Wildman–Crippen MR) is 89.5 cm³/mol. The van der Waals surface area contributed by atoms with E-state index >= 15 is 0 Å². The van der Waals surface area contributed by atoms with Crippen molar-refractivity contribution in [2.75, 3.05) is 11.9 Å². The number of fused-ring (bicyclic) bond motifs is 1. The van der Waals surface area contributed by atoms with Crippen LogP contribution in [0.4, 0.5) is 5.69 Å². The molecule has 0 bridgehead atoms. The summed E-state index contributed by atoms with van der Waals surface area (Å²) in [6.07, 6.45) is 0. The second-order valence-corrected chi connectivity index (χ2v) is 7.58.